The Bertz CT molecular complexity index is 610. The van der Waals surface area contributed by atoms with Crippen molar-refractivity contribution in [1.82, 2.24) is 24.7 Å². The number of aromatic nitrogens is 5. The van der Waals surface area contributed by atoms with E-state index in [0.717, 1.165) is 18.5 Å². The second kappa shape index (κ2) is 5.79. The first-order valence-electron chi connectivity index (χ1n) is 6.39. The Morgan fingerprint density at radius 1 is 1.30 bits per heavy atom. The number of nitrogens with zero attached hydrogens (tertiary/aromatic N) is 5. The van der Waals surface area contributed by atoms with Crippen LogP contribution < -0.4 is 5.32 Å². The third kappa shape index (κ3) is 2.67. The highest BCUT2D eigenvalue weighted by Crippen LogP contribution is 2.20. The highest BCUT2D eigenvalue weighted by molar-refractivity contribution is 7.08. The molecule has 3 aromatic rings. The number of nitrogens with one attached hydrogen (secondary N) is 1. The quantitative estimate of drug-likeness (QED) is 0.781. The third-order valence-corrected chi connectivity index (χ3v) is 3.33. The first-order valence-corrected chi connectivity index (χ1v) is 7.33. The van der Waals surface area contributed by atoms with E-state index in [2.05, 4.69) is 32.3 Å². The Balaban J connectivity index is 2.03. The Morgan fingerprint density at radius 3 is 2.95 bits per heavy atom. The van der Waals surface area contributed by atoms with Crippen molar-refractivity contribution < 1.29 is 0 Å². The molecule has 0 aliphatic rings. The lowest BCUT2D eigenvalue weighted by Crippen LogP contribution is -2.10. The molecule has 0 spiro atoms. The molecule has 0 saturated heterocycles. The van der Waals surface area contributed by atoms with Gasteiger partial charge in [0, 0.05) is 29.9 Å². The Kier molecular flexibility index (Phi) is 3.69. The van der Waals surface area contributed by atoms with Crippen LogP contribution in [-0.4, -0.2) is 31.3 Å². The van der Waals surface area contributed by atoms with Gasteiger partial charge in [-0.3, -0.25) is 0 Å². The Hall–Kier alpha value is -2.28. The average Bonchev–Trinajstić information content (AvgIpc) is 3.17. The van der Waals surface area contributed by atoms with E-state index in [4.69, 9.17) is 0 Å². The lowest BCUT2D eigenvalue weighted by Gasteiger charge is -2.07. The molecule has 0 aromatic carbocycles. The second-order valence-corrected chi connectivity index (χ2v) is 4.95. The molecule has 0 bridgehead atoms. The first-order chi connectivity index (χ1) is 9.86. The summed E-state index contributed by atoms with van der Waals surface area (Å²) in [5, 5.41) is 11.4. The molecule has 7 heteroatoms. The molecule has 3 rings (SSSR count). The number of hydrogen-bond acceptors (Lipinski definition) is 6. The van der Waals surface area contributed by atoms with Gasteiger partial charge in [0.1, 0.15) is 0 Å². The molecule has 0 saturated carbocycles. The topological polar surface area (TPSA) is 68.5 Å². The van der Waals surface area contributed by atoms with Crippen LogP contribution in [0, 0.1) is 0 Å². The average molecular weight is 286 g/mol. The predicted molar refractivity (Wildman–Crippen MR) is 79.0 cm³/mol. The summed E-state index contributed by atoms with van der Waals surface area (Å²) in [5.74, 6) is 1.75. The van der Waals surface area contributed by atoms with Crippen molar-refractivity contribution in [3.05, 3.63) is 35.3 Å². The SMILES string of the molecule is CCCNc1nc(-c2ccsc2)nc(-n2cccn2)n1. The summed E-state index contributed by atoms with van der Waals surface area (Å²) in [6.45, 7) is 2.92. The Labute approximate surface area is 120 Å². The van der Waals surface area contributed by atoms with Crippen molar-refractivity contribution in [1.29, 1.82) is 0 Å². The van der Waals surface area contributed by atoms with E-state index in [9.17, 15) is 0 Å². The van der Waals surface area contributed by atoms with Gasteiger partial charge in [-0.05, 0) is 23.9 Å². The highest BCUT2D eigenvalue weighted by Gasteiger charge is 2.10. The standard InChI is InChI=1S/C13H14N6S/c1-2-5-14-12-16-11(10-4-8-20-9-10)17-13(18-12)19-7-3-6-15-19/h3-4,6-9H,2,5H2,1H3,(H,14,16,17,18). The molecule has 3 aromatic heterocycles. The van der Waals surface area contributed by atoms with Crippen LogP contribution in [0.15, 0.2) is 35.3 Å². The molecule has 102 valence electrons. The zero-order valence-corrected chi connectivity index (χ0v) is 11.8. The maximum atomic E-state index is 4.47. The molecule has 6 nitrogen and oxygen atoms in total. The van der Waals surface area contributed by atoms with Crippen LogP contribution in [0.3, 0.4) is 0 Å². The fraction of sp³-hybridized carbons (Fsp3) is 0.231. The predicted octanol–water partition coefficient (Wildman–Crippen LogP) is 2.61. The number of hydrogen-bond donors (Lipinski definition) is 1. The van der Waals surface area contributed by atoms with Crippen molar-refractivity contribution in [2.24, 2.45) is 0 Å². The van der Waals surface area contributed by atoms with E-state index in [0.29, 0.717) is 17.7 Å². The van der Waals surface area contributed by atoms with Gasteiger partial charge in [0.05, 0.1) is 0 Å². The van der Waals surface area contributed by atoms with Crippen molar-refractivity contribution in [2.45, 2.75) is 13.3 Å². The summed E-state index contributed by atoms with van der Waals surface area (Å²) in [6, 6.07) is 3.84. The number of anilines is 1. The minimum absolute atomic E-state index is 0.518. The molecule has 0 unspecified atom stereocenters. The van der Waals surface area contributed by atoms with Gasteiger partial charge in [0.25, 0.3) is 5.95 Å². The summed E-state index contributed by atoms with van der Waals surface area (Å²) in [6.07, 6.45) is 4.53. The molecular weight excluding hydrogens is 272 g/mol. The lowest BCUT2D eigenvalue weighted by molar-refractivity contribution is 0.796. The zero-order valence-electron chi connectivity index (χ0n) is 11.0. The fourth-order valence-corrected chi connectivity index (χ4v) is 2.33. The molecule has 0 atom stereocenters. The zero-order chi connectivity index (χ0) is 13.8. The van der Waals surface area contributed by atoms with E-state index in [1.165, 1.54) is 0 Å². The summed E-state index contributed by atoms with van der Waals surface area (Å²) in [5.41, 5.74) is 0.991. The van der Waals surface area contributed by atoms with E-state index in [1.807, 2.05) is 29.1 Å². The summed E-state index contributed by atoms with van der Waals surface area (Å²) in [4.78, 5) is 13.3. The van der Waals surface area contributed by atoms with Crippen molar-refractivity contribution in [3.8, 4) is 17.3 Å². The summed E-state index contributed by atoms with van der Waals surface area (Å²) >= 11 is 1.62. The van der Waals surface area contributed by atoms with E-state index in [-0.39, 0.29) is 0 Å². The smallest absolute Gasteiger partial charge is 0.255 e. The van der Waals surface area contributed by atoms with Gasteiger partial charge in [-0.1, -0.05) is 6.92 Å². The minimum Gasteiger partial charge on any atom is -0.354 e. The van der Waals surface area contributed by atoms with Gasteiger partial charge < -0.3 is 5.32 Å². The minimum atomic E-state index is 0.518. The molecular formula is C13H14N6S. The monoisotopic (exact) mass is 286 g/mol. The van der Waals surface area contributed by atoms with Crippen molar-refractivity contribution in [3.63, 3.8) is 0 Å². The molecule has 0 fully saturated rings. The maximum Gasteiger partial charge on any atom is 0.255 e. The third-order valence-electron chi connectivity index (χ3n) is 2.65. The number of thiophene rings is 1. The van der Waals surface area contributed by atoms with Crippen molar-refractivity contribution in [2.75, 3.05) is 11.9 Å². The fourth-order valence-electron chi connectivity index (χ4n) is 1.69. The molecule has 0 amide bonds. The van der Waals surface area contributed by atoms with Gasteiger partial charge >= 0.3 is 0 Å². The highest BCUT2D eigenvalue weighted by atomic mass is 32.1. The van der Waals surface area contributed by atoms with Crippen LogP contribution >= 0.6 is 11.3 Å². The molecule has 1 N–H and O–H groups in total. The van der Waals surface area contributed by atoms with Crippen molar-refractivity contribution >= 4 is 17.3 Å². The van der Waals surface area contributed by atoms with Gasteiger partial charge in [0.2, 0.25) is 5.95 Å². The van der Waals surface area contributed by atoms with E-state index < -0.39 is 0 Å². The second-order valence-electron chi connectivity index (χ2n) is 4.17. The van der Waals surface area contributed by atoms with Gasteiger partial charge in [0.15, 0.2) is 5.82 Å². The van der Waals surface area contributed by atoms with Crippen LogP contribution in [0.2, 0.25) is 0 Å². The summed E-state index contributed by atoms with van der Waals surface area (Å²) in [7, 11) is 0. The maximum absolute atomic E-state index is 4.47. The first kappa shape index (κ1) is 12.7. The van der Waals surface area contributed by atoms with Gasteiger partial charge in [-0.2, -0.15) is 31.4 Å². The van der Waals surface area contributed by atoms with E-state index in [1.54, 1.807) is 22.2 Å². The molecule has 0 aliphatic heterocycles. The molecule has 0 aliphatic carbocycles. The van der Waals surface area contributed by atoms with Crippen LogP contribution in [-0.2, 0) is 0 Å². The Morgan fingerprint density at radius 2 is 2.25 bits per heavy atom. The largest absolute Gasteiger partial charge is 0.354 e. The molecule has 0 radical (unpaired) electrons. The molecule has 20 heavy (non-hydrogen) atoms. The van der Waals surface area contributed by atoms with Gasteiger partial charge in [-0.15, -0.1) is 0 Å². The van der Waals surface area contributed by atoms with Crippen LogP contribution in [0.4, 0.5) is 5.95 Å². The van der Waals surface area contributed by atoms with Crippen LogP contribution in [0.1, 0.15) is 13.3 Å². The molecule has 3 heterocycles. The number of rotatable bonds is 5. The normalized spacial score (nSPS) is 10.7. The lowest BCUT2D eigenvalue weighted by atomic mass is 10.3. The summed E-state index contributed by atoms with van der Waals surface area (Å²) < 4.78 is 1.63. The van der Waals surface area contributed by atoms with Crippen LogP contribution in [0.25, 0.3) is 17.3 Å². The van der Waals surface area contributed by atoms with Crippen LogP contribution in [0.5, 0.6) is 0 Å². The van der Waals surface area contributed by atoms with E-state index >= 15 is 0 Å². The van der Waals surface area contributed by atoms with Gasteiger partial charge in [-0.25, -0.2) is 4.68 Å².